The molecule has 2 aromatic rings. The molecule has 3 heteroatoms. The lowest BCUT2D eigenvalue weighted by molar-refractivity contribution is 0.0258. The van der Waals surface area contributed by atoms with E-state index in [1.54, 1.807) is 6.20 Å². The van der Waals surface area contributed by atoms with E-state index in [2.05, 4.69) is 39.1 Å². The Hall–Kier alpha value is -1.19. The van der Waals surface area contributed by atoms with Crippen molar-refractivity contribution in [2.75, 3.05) is 0 Å². The van der Waals surface area contributed by atoms with Crippen LogP contribution in [0.1, 0.15) is 23.2 Å². The zero-order valence-electron chi connectivity index (χ0n) is 10.6. The Balaban J connectivity index is 1.80. The fourth-order valence-electron chi connectivity index (χ4n) is 2.78. The highest BCUT2D eigenvalue weighted by Gasteiger charge is 2.32. The second-order valence-electron chi connectivity index (χ2n) is 5.31. The first-order valence-electron chi connectivity index (χ1n) is 6.54. The van der Waals surface area contributed by atoms with Gasteiger partial charge in [0.15, 0.2) is 0 Å². The van der Waals surface area contributed by atoms with Crippen molar-refractivity contribution in [2.45, 2.75) is 31.3 Å². The Kier molecular flexibility index (Phi) is 3.42. The molecule has 1 atom stereocenters. The fraction of sp³-hybridized carbons (Fsp3) is 0.312. The van der Waals surface area contributed by atoms with Gasteiger partial charge in [0.2, 0.25) is 0 Å². The molecule has 0 radical (unpaired) electrons. The molecule has 0 saturated heterocycles. The number of aryl methyl sites for hydroxylation is 1. The van der Waals surface area contributed by atoms with Gasteiger partial charge in [-0.1, -0.05) is 24.3 Å². The van der Waals surface area contributed by atoms with Crippen molar-refractivity contribution >= 4 is 15.9 Å². The second kappa shape index (κ2) is 5.06. The smallest absolute Gasteiger partial charge is 0.0746 e. The van der Waals surface area contributed by atoms with Gasteiger partial charge in [-0.15, -0.1) is 0 Å². The molecule has 98 valence electrons. The molecular weight excluding hydrogens is 302 g/mol. The summed E-state index contributed by atoms with van der Waals surface area (Å²) in [6.45, 7) is 0. The highest BCUT2D eigenvalue weighted by molar-refractivity contribution is 9.10. The van der Waals surface area contributed by atoms with E-state index in [1.165, 1.54) is 11.1 Å². The maximum Gasteiger partial charge on any atom is 0.0746 e. The van der Waals surface area contributed by atoms with Crippen molar-refractivity contribution in [3.63, 3.8) is 0 Å². The van der Waals surface area contributed by atoms with Gasteiger partial charge in [-0.05, 0) is 52.0 Å². The van der Waals surface area contributed by atoms with Gasteiger partial charge in [0.1, 0.15) is 0 Å². The fourth-order valence-corrected chi connectivity index (χ4v) is 3.02. The predicted octanol–water partition coefficient (Wildman–Crippen LogP) is 3.31. The molecule has 1 unspecified atom stereocenters. The molecule has 0 aliphatic heterocycles. The summed E-state index contributed by atoms with van der Waals surface area (Å²) in [5.41, 5.74) is 2.93. The normalized spacial score (nSPS) is 22.0. The molecule has 0 fully saturated rings. The Morgan fingerprint density at radius 2 is 1.95 bits per heavy atom. The topological polar surface area (TPSA) is 33.1 Å². The average molecular weight is 318 g/mol. The van der Waals surface area contributed by atoms with E-state index in [0.717, 1.165) is 29.4 Å². The van der Waals surface area contributed by atoms with Gasteiger partial charge in [0, 0.05) is 29.2 Å². The van der Waals surface area contributed by atoms with Crippen molar-refractivity contribution in [3.05, 3.63) is 63.9 Å². The number of rotatable bonds is 2. The monoisotopic (exact) mass is 317 g/mol. The number of fused-ring (bicyclic) bond motifs is 1. The van der Waals surface area contributed by atoms with Crippen LogP contribution in [0.25, 0.3) is 0 Å². The summed E-state index contributed by atoms with van der Waals surface area (Å²) < 4.78 is 0.970. The second-order valence-corrected chi connectivity index (χ2v) is 6.23. The van der Waals surface area contributed by atoms with Crippen LogP contribution in [-0.2, 0) is 19.3 Å². The zero-order chi connectivity index (χ0) is 13.3. The third kappa shape index (κ3) is 2.88. The minimum absolute atomic E-state index is 0.620. The van der Waals surface area contributed by atoms with E-state index < -0.39 is 5.60 Å². The summed E-state index contributed by atoms with van der Waals surface area (Å²) in [7, 11) is 0. The van der Waals surface area contributed by atoms with Crippen molar-refractivity contribution in [1.29, 1.82) is 0 Å². The Bertz CT molecular complexity index is 582. The average Bonchev–Trinajstić information content (AvgIpc) is 2.41. The summed E-state index contributed by atoms with van der Waals surface area (Å²) in [4.78, 5) is 4.37. The number of hydrogen-bond acceptors (Lipinski definition) is 2. The molecule has 1 aromatic heterocycles. The number of halogens is 1. The number of nitrogens with zero attached hydrogens (tertiary/aromatic N) is 1. The first-order valence-corrected chi connectivity index (χ1v) is 7.34. The molecule has 0 spiro atoms. The molecule has 1 N–H and O–H groups in total. The maximum atomic E-state index is 10.8. The van der Waals surface area contributed by atoms with E-state index in [9.17, 15) is 5.11 Å². The SMILES string of the molecule is OC1(Cc2ccc(Br)cn2)CCc2ccccc2C1. The summed E-state index contributed by atoms with van der Waals surface area (Å²) in [5.74, 6) is 0. The lowest BCUT2D eigenvalue weighted by Gasteiger charge is -2.33. The third-order valence-corrected chi connectivity index (χ3v) is 4.27. The molecule has 0 bridgehead atoms. The van der Waals surface area contributed by atoms with E-state index in [4.69, 9.17) is 0 Å². The molecule has 0 amide bonds. The quantitative estimate of drug-likeness (QED) is 0.921. The number of aliphatic hydroxyl groups is 1. The van der Waals surface area contributed by atoms with Crippen LogP contribution in [0, 0.1) is 0 Å². The first-order chi connectivity index (χ1) is 9.15. The third-order valence-electron chi connectivity index (χ3n) is 3.80. The van der Waals surface area contributed by atoms with Crippen LogP contribution in [0.15, 0.2) is 47.1 Å². The summed E-state index contributed by atoms with van der Waals surface area (Å²) in [6.07, 6.45) is 4.88. The number of aromatic nitrogens is 1. The van der Waals surface area contributed by atoms with E-state index in [1.807, 2.05) is 18.2 Å². The first kappa shape index (κ1) is 12.8. The van der Waals surface area contributed by atoms with Crippen LogP contribution in [-0.4, -0.2) is 15.7 Å². The predicted molar refractivity (Wildman–Crippen MR) is 79.1 cm³/mol. The summed E-state index contributed by atoms with van der Waals surface area (Å²) in [5, 5.41) is 10.8. The zero-order valence-corrected chi connectivity index (χ0v) is 12.2. The van der Waals surface area contributed by atoms with Gasteiger partial charge in [-0.3, -0.25) is 4.98 Å². The van der Waals surface area contributed by atoms with E-state index in [-0.39, 0.29) is 0 Å². The minimum Gasteiger partial charge on any atom is -0.389 e. The minimum atomic E-state index is -0.658. The van der Waals surface area contributed by atoms with Crippen molar-refractivity contribution in [3.8, 4) is 0 Å². The molecule has 19 heavy (non-hydrogen) atoms. The molecule has 1 aliphatic rings. The van der Waals surface area contributed by atoms with Gasteiger partial charge < -0.3 is 5.11 Å². The molecule has 1 aromatic carbocycles. The summed E-state index contributed by atoms with van der Waals surface area (Å²) in [6, 6.07) is 12.3. The van der Waals surface area contributed by atoms with Crippen LogP contribution < -0.4 is 0 Å². The Morgan fingerprint density at radius 3 is 2.68 bits per heavy atom. The van der Waals surface area contributed by atoms with Gasteiger partial charge in [-0.25, -0.2) is 0 Å². The Labute approximate surface area is 121 Å². The van der Waals surface area contributed by atoms with E-state index in [0.29, 0.717) is 6.42 Å². The van der Waals surface area contributed by atoms with Crippen LogP contribution in [0.5, 0.6) is 0 Å². The molecule has 1 heterocycles. The number of benzene rings is 1. The lowest BCUT2D eigenvalue weighted by Crippen LogP contribution is -2.38. The molecular formula is C16H16BrNO. The standard InChI is InChI=1S/C16H16BrNO/c17-14-5-6-15(18-11-14)10-16(19)8-7-12-3-1-2-4-13(12)9-16/h1-6,11,19H,7-10H2. The van der Waals surface area contributed by atoms with Crippen molar-refractivity contribution in [2.24, 2.45) is 0 Å². The van der Waals surface area contributed by atoms with Gasteiger partial charge in [-0.2, -0.15) is 0 Å². The van der Waals surface area contributed by atoms with Gasteiger partial charge >= 0.3 is 0 Å². The number of hydrogen-bond donors (Lipinski definition) is 1. The highest BCUT2D eigenvalue weighted by Crippen LogP contribution is 2.31. The molecule has 2 nitrogen and oxygen atoms in total. The van der Waals surface area contributed by atoms with Crippen molar-refractivity contribution in [1.82, 2.24) is 4.98 Å². The highest BCUT2D eigenvalue weighted by atomic mass is 79.9. The number of pyridine rings is 1. The Morgan fingerprint density at radius 1 is 1.16 bits per heavy atom. The largest absolute Gasteiger partial charge is 0.389 e. The van der Waals surface area contributed by atoms with E-state index >= 15 is 0 Å². The van der Waals surface area contributed by atoms with Gasteiger partial charge in [0.05, 0.1) is 5.60 Å². The van der Waals surface area contributed by atoms with Crippen LogP contribution in [0.2, 0.25) is 0 Å². The van der Waals surface area contributed by atoms with Crippen molar-refractivity contribution < 1.29 is 5.11 Å². The van der Waals surface area contributed by atoms with Crippen LogP contribution in [0.4, 0.5) is 0 Å². The summed E-state index contributed by atoms with van der Waals surface area (Å²) >= 11 is 3.38. The maximum absolute atomic E-state index is 10.8. The molecule has 0 saturated carbocycles. The molecule has 3 rings (SSSR count). The lowest BCUT2D eigenvalue weighted by atomic mass is 9.78. The van der Waals surface area contributed by atoms with Gasteiger partial charge in [0.25, 0.3) is 0 Å². The molecule has 1 aliphatic carbocycles. The van der Waals surface area contributed by atoms with Crippen LogP contribution in [0.3, 0.4) is 0 Å². The van der Waals surface area contributed by atoms with Crippen LogP contribution >= 0.6 is 15.9 Å².